The monoisotopic (exact) mass is 489 g/mol. The molecule has 140 valence electrons. The fourth-order valence-electron chi connectivity index (χ4n) is 2.85. The van der Waals surface area contributed by atoms with E-state index in [1.807, 2.05) is 24.4 Å². The van der Waals surface area contributed by atoms with Gasteiger partial charge < -0.3 is 15.1 Å². The van der Waals surface area contributed by atoms with E-state index in [0.717, 1.165) is 43.5 Å². The van der Waals surface area contributed by atoms with E-state index in [1.54, 1.807) is 19.2 Å². The summed E-state index contributed by atoms with van der Waals surface area (Å²) in [7, 11) is 1.77. The normalized spacial score (nSPS) is 14.8. The SMILES string of the molecule is CN=C(NCc1ccc(F)c(Cl)c1)N1CCN(c2ccccn2)CC1.I. The molecule has 1 aromatic carbocycles. The van der Waals surface area contributed by atoms with Crippen molar-refractivity contribution in [3.05, 3.63) is 59.0 Å². The number of aromatic nitrogens is 1. The Kier molecular flexibility index (Phi) is 7.89. The molecule has 1 aliphatic heterocycles. The van der Waals surface area contributed by atoms with Crippen LogP contribution in [0.25, 0.3) is 0 Å². The maximum atomic E-state index is 13.2. The van der Waals surface area contributed by atoms with E-state index in [9.17, 15) is 4.39 Å². The van der Waals surface area contributed by atoms with E-state index in [2.05, 4.69) is 25.1 Å². The fourth-order valence-corrected chi connectivity index (χ4v) is 3.05. The van der Waals surface area contributed by atoms with Gasteiger partial charge >= 0.3 is 0 Å². The number of rotatable bonds is 3. The number of nitrogens with one attached hydrogen (secondary N) is 1. The number of anilines is 1. The number of guanidine groups is 1. The molecule has 3 rings (SSSR count). The lowest BCUT2D eigenvalue weighted by Gasteiger charge is -2.37. The first-order valence-corrected chi connectivity index (χ1v) is 8.60. The van der Waals surface area contributed by atoms with Gasteiger partial charge in [-0.05, 0) is 29.8 Å². The highest BCUT2D eigenvalue weighted by Gasteiger charge is 2.20. The molecule has 26 heavy (non-hydrogen) atoms. The maximum Gasteiger partial charge on any atom is 0.194 e. The van der Waals surface area contributed by atoms with Crippen molar-refractivity contribution in [3.63, 3.8) is 0 Å². The van der Waals surface area contributed by atoms with Gasteiger partial charge in [0.2, 0.25) is 0 Å². The number of pyridine rings is 1. The van der Waals surface area contributed by atoms with Crippen LogP contribution in [0.5, 0.6) is 0 Å². The van der Waals surface area contributed by atoms with Gasteiger partial charge in [0.1, 0.15) is 11.6 Å². The summed E-state index contributed by atoms with van der Waals surface area (Å²) in [4.78, 5) is 13.2. The Morgan fingerprint density at radius 1 is 1.23 bits per heavy atom. The van der Waals surface area contributed by atoms with Crippen molar-refractivity contribution in [2.75, 3.05) is 38.1 Å². The van der Waals surface area contributed by atoms with Crippen LogP contribution in [0.2, 0.25) is 5.02 Å². The number of aliphatic imine (C=N–C) groups is 1. The van der Waals surface area contributed by atoms with Crippen LogP contribution < -0.4 is 10.2 Å². The molecule has 0 aliphatic carbocycles. The van der Waals surface area contributed by atoms with Gasteiger partial charge in [-0.15, -0.1) is 24.0 Å². The van der Waals surface area contributed by atoms with Crippen LogP contribution in [-0.4, -0.2) is 49.1 Å². The van der Waals surface area contributed by atoms with Gasteiger partial charge in [-0.3, -0.25) is 4.99 Å². The van der Waals surface area contributed by atoms with Gasteiger partial charge in [-0.1, -0.05) is 23.7 Å². The Bertz CT molecular complexity index is 736. The second kappa shape index (κ2) is 9.91. The summed E-state index contributed by atoms with van der Waals surface area (Å²) < 4.78 is 13.2. The fraction of sp³-hybridized carbons (Fsp3) is 0.333. The molecule has 0 bridgehead atoms. The molecule has 0 spiro atoms. The molecule has 2 heterocycles. The van der Waals surface area contributed by atoms with Gasteiger partial charge in [0.25, 0.3) is 0 Å². The average molecular weight is 490 g/mol. The second-order valence-corrected chi connectivity index (χ2v) is 6.22. The Balaban J connectivity index is 0.00000243. The Hall–Kier alpha value is -1.61. The Labute approximate surface area is 175 Å². The van der Waals surface area contributed by atoms with E-state index >= 15 is 0 Å². The first-order valence-electron chi connectivity index (χ1n) is 8.23. The first-order chi connectivity index (χ1) is 12.2. The van der Waals surface area contributed by atoms with E-state index in [4.69, 9.17) is 11.6 Å². The minimum absolute atomic E-state index is 0. The molecule has 0 amide bonds. The quantitative estimate of drug-likeness (QED) is 0.408. The van der Waals surface area contributed by atoms with Crippen LogP contribution >= 0.6 is 35.6 Å². The summed E-state index contributed by atoms with van der Waals surface area (Å²) in [5, 5.41) is 3.45. The number of halogens is 3. The number of hydrogen-bond acceptors (Lipinski definition) is 3. The van der Waals surface area contributed by atoms with Crippen molar-refractivity contribution in [1.29, 1.82) is 0 Å². The number of nitrogens with zero attached hydrogens (tertiary/aromatic N) is 4. The number of hydrogen-bond donors (Lipinski definition) is 1. The summed E-state index contributed by atoms with van der Waals surface area (Å²) in [6.45, 7) is 4.05. The molecule has 1 saturated heterocycles. The summed E-state index contributed by atoms with van der Waals surface area (Å²) in [6.07, 6.45) is 1.82. The highest BCUT2D eigenvalue weighted by atomic mass is 127. The van der Waals surface area contributed by atoms with Crippen molar-refractivity contribution in [2.24, 2.45) is 4.99 Å². The minimum Gasteiger partial charge on any atom is -0.353 e. The molecule has 5 nitrogen and oxygen atoms in total. The highest BCUT2D eigenvalue weighted by Crippen LogP contribution is 2.16. The molecule has 1 aliphatic rings. The largest absolute Gasteiger partial charge is 0.353 e. The molecule has 2 aromatic rings. The predicted octanol–water partition coefficient (Wildman–Crippen LogP) is 3.39. The van der Waals surface area contributed by atoms with Gasteiger partial charge in [0.15, 0.2) is 5.96 Å². The lowest BCUT2D eigenvalue weighted by atomic mass is 10.2. The number of benzene rings is 1. The summed E-state index contributed by atoms with van der Waals surface area (Å²) in [6, 6.07) is 10.7. The zero-order chi connectivity index (χ0) is 17.6. The molecule has 0 radical (unpaired) electrons. The van der Waals surface area contributed by atoms with Crippen LogP contribution in [-0.2, 0) is 6.54 Å². The van der Waals surface area contributed by atoms with Crippen LogP contribution in [0.3, 0.4) is 0 Å². The lowest BCUT2D eigenvalue weighted by Crippen LogP contribution is -2.52. The molecule has 1 fully saturated rings. The maximum absolute atomic E-state index is 13.2. The smallest absolute Gasteiger partial charge is 0.194 e. The highest BCUT2D eigenvalue weighted by molar-refractivity contribution is 14.0. The van der Waals surface area contributed by atoms with Crippen molar-refractivity contribution in [1.82, 2.24) is 15.2 Å². The lowest BCUT2D eigenvalue weighted by molar-refractivity contribution is 0.371. The topological polar surface area (TPSA) is 43.8 Å². The molecule has 1 N–H and O–H groups in total. The molecule has 0 saturated carbocycles. The summed E-state index contributed by atoms with van der Waals surface area (Å²) in [5.41, 5.74) is 0.916. The second-order valence-electron chi connectivity index (χ2n) is 5.81. The summed E-state index contributed by atoms with van der Waals surface area (Å²) >= 11 is 5.83. The van der Waals surface area contributed by atoms with Crippen LogP contribution in [0, 0.1) is 5.82 Å². The van der Waals surface area contributed by atoms with Crippen molar-refractivity contribution < 1.29 is 4.39 Å². The molecule has 0 unspecified atom stereocenters. The van der Waals surface area contributed by atoms with E-state index in [0.29, 0.717) is 6.54 Å². The van der Waals surface area contributed by atoms with E-state index in [-0.39, 0.29) is 29.0 Å². The van der Waals surface area contributed by atoms with Crippen LogP contribution in [0.1, 0.15) is 5.56 Å². The standard InChI is InChI=1S/C18H21ClFN5.HI/c1-21-18(23-13-14-5-6-16(20)15(19)12-14)25-10-8-24(9-11-25)17-4-2-3-7-22-17;/h2-7,12H,8-11,13H2,1H3,(H,21,23);1H. The van der Waals surface area contributed by atoms with Crippen molar-refractivity contribution in [2.45, 2.75) is 6.54 Å². The van der Waals surface area contributed by atoms with Crippen molar-refractivity contribution >= 4 is 47.4 Å². The minimum atomic E-state index is -0.402. The Morgan fingerprint density at radius 2 is 2.00 bits per heavy atom. The zero-order valence-corrected chi connectivity index (χ0v) is 17.6. The first kappa shape index (κ1) is 20.7. The summed E-state index contributed by atoms with van der Waals surface area (Å²) in [5.74, 6) is 1.44. The molecular formula is C18H22ClFIN5. The van der Waals surface area contributed by atoms with E-state index < -0.39 is 5.82 Å². The van der Waals surface area contributed by atoms with E-state index in [1.165, 1.54) is 6.07 Å². The molecule has 8 heteroatoms. The van der Waals surface area contributed by atoms with Crippen molar-refractivity contribution in [3.8, 4) is 0 Å². The van der Waals surface area contributed by atoms with Gasteiger partial charge in [-0.2, -0.15) is 0 Å². The third-order valence-corrected chi connectivity index (χ3v) is 4.49. The van der Waals surface area contributed by atoms with Gasteiger partial charge in [0.05, 0.1) is 5.02 Å². The van der Waals surface area contributed by atoms with Gasteiger partial charge in [0, 0.05) is 46.0 Å². The third kappa shape index (κ3) is 5.20. The molecular weight excluding hydrogens is 468 g/mol. The predicted molar refractivity (Wildman–Crippen MR) is 115 cm³/mol. The number of piperazine rings is 1. The average Bonchev–Trinajstić information content (AvgIpc) is 2.66. The Morgan fingerprint density at radius 3 is 2.62 bits per heavy atom. The molecule has 0 atom stereocenters. The van der Waals surface area contributed by atoms with Crippen LogP contribution in [0.15, 0.2) is 47.6 Å². The van der Waals surface area contributed by atoms with Crippen LogP contribution in [0.4, 0.5) is 10.2 Å². The van der Waals surface area contributed by atoms with Gasteiger partial charge in [-0.25, -0.2) is 9.37 Å². The third-order valence-electron chi connectivity index (χ3n) is 4.20. The zero-order valence-electron chi connectivity index (χ0n) is 14.5. The molecule has 1 aromatic heterocycles.